The fourth-order valence-corrected chi connectivity index (χ4v) is 1.30. The zero-order chi connectivity index (χ0) is 5.61. The van der Waals surface area contributed by atoms with Crippen LogP contribution in [0.4, 0.5) is 0 Å². The van der Waals surface area contributed by atoms with E-state index in [0.717, 1.165) is 12.8 Å². The molecule has 0 unspecified atom stereocenters. The molecule has 1 amide bonds. The first-order valence-corrected chi connectivity index (χ1v) is 3.12. The minimum atomic E-state index is 0.252. The van der Waals surface area contributed by atoms with Crippen molar-refractivity contribution in [2.75, 3.05) is 0 Å². The summed E-state index contributed by atoms with van der Waals surface area (Å²) in [4.78, 5) is 10.6. The second kappa shape index (κ2) is 1.07. The van der Waals surface area contributed by atoms with Crippen LogP contribution in [-0.4, -0.2) is 11.4 Å². The number of hydrogen-bond donors (Lipinski definition) is 1. The molecular weight excluding hydrogens is 102 g/mol. The predicted octanol–water partition coefficient (Wildman–Crippen LogP) is 0.429. The Labute approximate surface area is 48.3 Å². The SMILES string of the molecule is O=C1CCC2(CC2)N1. The minimum Gasteiger partial charge on any atom is -0.351 e. The van der Waals surface area contributed by atoms with E-state index in [1.807, 2.05) is 0 Å². The molecule has 2 fully saturated rings. The van der Waals surface area contributed by atoms with Gasteiger partial charge in [-0.3, -0.25) is 4.79 Å². The lowest BCUT2D eigenvalue weighted by Gasteiger charge is -2.01. The summed E-state index contributed by atoms with van der Waals surface area (Å²) in [6.45, 7) is 0. The summed E-state index contributed by atoms with van der Waals surface area (Å²) in [5.74, 6) is 0.252. The highest BCUT2D eigenvalue weighted by molar-refractivity contribution is 5.80. The molecule has 2 rings (SSSR count). The molecule has 2 aliphatic rings. The largest absolute Gasteiger partial charge is 0.351 e. The van der Waals surface area contributed by atoms with Crippen molar-refractivity contribution in [2.45, 2.75) is 31.2 Å². The molecule has 8 heavy (non-hydrogen) atoms. The second-order valence-corrected chi connectivity index (χ2v) is 2.83. The zero-order valence-corrected chi connectivity index (χ0v) is 4.74. The Morgan fingerprint density at radius 2 is 2.12 bits per heavy atom. The highest BCUT2D eigenvalue weighted by atomic mass is 16.2. The average molecular weight is 111 g/mol. The van der Waals surface area contributed by atoms with Gasteiger partial charge in [0.15, 0.2) is 0 Å². The third-order valence-electron chi connectivity index (χ3n) is 2.09. The molecule has 2 nitrogen and oxygen atoms in total. The van der Waals surface area contributed by atoms with Crippen LogP contribution in [0.15, 0.2) is 0 Å². The predicted molar refractivity (Wildman–Crippen MR) is 29.3 cm³/mol. The van der Waals surface area contributed by atoms with Gasteiger partial charge in [0.05, 0.1) is 0 Å². The van der Waals surface area contributed by atoms with Crippen LogP contribution in [-0.2, 0) is 4.79 Å². The van der Waals surface area contributed by atoms with Crippen LogP contribution >= 0.6 is 0 Å². The summed E-state index contributed by atoms with van der Waals surface area (Å²) in [5, 5.41) is 2.97. The van der Waals surface area contributed by atoms with Crippen molar-refractivity contribution in [3.8, 4) is 0 Å². The molecule has 0 aromatic carbocycles. The quantitative estimate of drug-likeness (QED) is 0.482. The van der Waals surface area contributed by atoms with Gasteiger partial charge >= 0.3 is 0 Å². The molecule has 1 saturated heterocycles. The maximum absolute atomic E-state index is 10.6. The molecule has 0 atom stereocenters. The number of nitrogens with one attached hydrogen (secondary N) is 1. The van der Waals surface area contributed by atoms with E-state index in [0.29, 0.717) is 5.54 Å². The van der Waals surface area contributed by atoms with E-state index in [9.17, 15) is 4.79 Å². The number of amides is 1. The molecule has 1 aliphatic carbocycles. The van der Waals surface area contributed by atoms with Crippen molar-refractivity contribution in [3.63, 3.8) is 0 Å². The number of carbonyl (C=O) groups is 1. The Hall–Kier alpha value is -0.530. The standard InChI is InChI=1S/C6H9NO/c8-5-1-2-6(7-5)3-4-6/h1-4H2,(H,7,8). The van der Waals surface area contributed by atoms with Crippen LogP contribution < -0.4 is 5.32 Å². The molecule has 0 aromatic rings. The Balaban J connectivity index is 2.13. The lowest BCUT2D eigenvalue weighted by atomic mass is 10.2. The van der Waals surface area contributed by atoms with Gasteiger partial charge < -0.3 is 5.32 Å². The lowest BCUT2D eigenvalue weighted by molar-refractivity contribution is -0.119. The fraction of sp³-hybridized carbons (Fsp3) is 0.833. The first-order valence-electron chi connectivity index (χ1n) is 3.12. The summed E-state index contributed by atoms with van der Waals surface area (Å²) >= 11 is 0. The molecule has 1 spiro atoms. The average Bonchev–Trinajstić information content (AvgIpc) is 2.34. The zero-order valence-electron chi connectivity index (χ0n) is 4.74. The fourth-order valence-electron chi connectivity index (χ4n) is 1.30. The van der Waals surface area contributed by atoms with Gasteiger partial charge in [-0.15, -0.1) is 0 Å². The number of rotatable bonds is 0. The van der Waals surface area contributed by atoms with Crippen LogP contribution in [0, 0.1) is 0 Å². The highest BCUT2D eigenvalue weighted by Gasteiger charge is 2.47. The summed E-state index contributed by atoms with van der Waals surface area (Å²) in [5.41, 5.74) is 0.317. The molecule has 1 N–H and O–H groups in total. The van der Waals surface area contributed by atoms with E-state index >= 15 is 0 Å². The van der Waals surface area contributed by atoms with Gasteiger partial charge in [-0.1, -0.05) is 0 Å². The van der Waals surface area contributed by atoms with Crippen LogP contribution in [0.3, 0.4) is 0 Å². The smallest absolute Gasteiger partial charge is 0.220 e. The Kier molecular flexibility index (Phi) is 0.581. The lowest BCUT2D eigenvalue weighted by Crippen LogP contribution is -2.26. The molecule has 0 bridgehead atoms. The maximum Gasteiger partial charge on any atom is 0.220 e. The molecule has 44 valence electrons. The van der Waals surface area contributed by atoms with E-state index in [-0.39, 0.29) is 5.91 Å². The van der Waals surface area contributed by atoms with E-state index in [4.69, 9.17) is 0 Å². The van der Waals surface area contributed by atoms with E-state index in [1.54, 1.807) is 0 Å². The Morgan fingerprint density at radius 3 is 2.38 bits per heavy atom. The van der Waals surface area contributed by atoms with Gasteiger partial charge in [-0.2, -0.15) is 0 Å². The van der Waals surface area contributed by atoms with Crippen molar-refractivity contribution in [1.29, 1.82) is 0 Å². The number of carbonyl (C=O) groups excluding carboxylic acids is 1. The van der Waals surface area contributed by atoms with Crippen LogP contribution in [0.2, 0.25) is 0 Å². The van der Waals surface area contributed by atoms with Crippen molar-refractivity contribution in [1.82, 2.24) is 5.32 Å². The third kappa shape index (κ3) is 0.457. The van der Waals surface area contributed by atoms with Gasteiger partial charge in [0.25, 0.3) is 0 Å². The van der Waals surface area contributed by atoms with E-state index in [2.05, 4.69) is 5.32 Å². The second-order valence-electron chi connectivity index (χ2n) is 2.83. The van der Waals surface area contributed by atoms with Crippen molar-refractivity contribution in [2.24, 2.45) is 0 Å². The van der Waals surface area contributed by atoms with Crippen molar-refractivity contribution in [3.05, 3.63) is 0 Å². The van der Waals surface area contributed by atoms with E-state index in [1.165, 1.54) is 12.8 Å². The van der Waals surface area contributed by atoms with Gasteiger partial charge in [-0.05, 0) is 19.3 Å². The molecular formula is C6H9NO. The maximum atomic E-state index is 10.6. The number of hydrogen-bond acceptors (Lipinski definition) is 1. The van der Waals surface area contributed by atoms with E-state index < -0.39 is 0 Å². The van der Waals surface area contributed by atoms with Crippen LogP contribution in [0.5, 0.6) is 0 Å². The first kappa shape index (κ1) is 4.36. The molecule has 0 aromatic heterocycles. The van der Waals surface area contributed by atoms with Crippen LogP contribution in [0.25, 0.3) is 0 Å². The molecule has 1 heterocycles. The highest BCUT2D eigenvalue weighted by Crippen LogP contribution is 2.42. The molecule has 2 heteroatoms. The summed E-state index contributed by atoms with van der Waals surface area (Å²) in [6, 6.07) is 0. The summed E-state index contributed by atoms with van der Waals surface area (Å²) in [7, 11) is 0. The first-order chi connectivity index (χ1) is 3.81. The molecule has 1 aliphatic heterocycles. The Bertz CT molecular complexity index is 137. The van der Waals surface area contributed by atoms with Crippen molar-refractivity contribution >= 4 is 5.91 Å². The van der Waals surface area contributed by atoms with Gasteiger partial charge in [0.1, 0.15) is 0 Å². The third-order valence-corrected chi connectivity index (χ3v) is 2.09. The van der Waals surface area contributed by atoms with Crippen LogP contribution in [0.1, 0.15) is 25.7 Å². The minimum absolute atomic E-state index is 0.252. The van der Waals surface area contributed by atoms with Gasteiger partial charge in [-0.25, -0.2) is 0 Å². The topological polar surface area (TPSA) is 29.1 Å². The summed E-state index contributed by atoms with van der Waals surface area (Å²) in [6.07, 6.45) is 4.29. The Morgan fingerprint density at radius 1 is 1.38 bits per heavy atom. The monoisotopic (exact) mass is 111 g/mol. The molecule has 1 saturated carbocycles. The van der Waals surface area contributed by atoms with Crippen molar-refractivity contribution < 1.29 is 4.79 Å². The normalized spacial score (nSPS) is 30.8. The summed E-state index contributed by atoms with van der Waals surface area (Å²) < 4.78 is 0. The van der Waals surface area contributed by atoms with Gasteiger partial charge in [0.2, 0.25) is 5.91 Å². The van der Waals surface area contributed by atoms with Gasteiger partial charge in [0, 0.05) is 12.0 Å². The molecule has 0 radical (unpaired) electrons.